The van der Waals surface area contributed by atoms with Gasteiger partial charge in [0.15, 0.2) is 0 Å². The van der Waals surface area contributed by atoms with Crippen LogP contribution in [0.25, 0.3) is 0 Å². The van der Waals surface area contributed by atoms with Crippen LogP contribution < -0.4 is 0 Å². The molecule has 0 bridgehead atoms. The molecule has 0 spiro atoms. The summed E-state index contributed by atoms with van der Waals surface area (Å²) < 4.78 is 13.1. The number of hydrogen-bond donors (Lipinski definition) is 0. The molecular weight excluding hydrogens is 327 g/mol. The highest BCUT2D eigenvalue weighted by molar-refractivity contribution is 9.09. The van der Waals surface area contributed by atoms with Gasteiger partial charge in [0.05, 0.1) is 5.02 Å². The highest BCUT2D eigenvalue weighted by Gasteiger charge is 2.16. The van der Waals surface area contributed by atoms with Gasteiger partial charge < -0.3 is 0 Å². The predicted octanol–water partition coefficient (Wildman–Crippen LogP) is 5.79. The van der Waals surface area contributed by atoms with Gasteiger partial charge in [-0.1, -0.05) is 70.9 Å². The van der Waals surface area contributed by atoms with E-state index in [-0.39, 0.29) is 15.7 Å². The molecule has 0 radical (unpaired) electrons. The molecule has 0 N–H and O–H groups in total. The zero-order chi connectivity index (χ0) is 13.8. The minimum atomic E-state index is -0.364. The van der Waals surface area contributed by atoms with Gasteiger partial charge in [0.1, 0.15) is 5.82 Å². The molecule has 0 heterocycles. The topological polar surface area (TPSA) is 0 Å². The van der Waals surface area contributed by atoms with Crippen LogP contribution in [-0.4, -0.2) is 0 Å². The van der Waals surface area contributed by atoms with Gasteiger partial charge in [0, 0.05) is 4.83 Å². The molecule has 0 amide bonds. The third-order valence-corrected chi connectivity index (χ3v) is 4.88. The van der Waals surface area contributed by atoms with E-state index in [1.165, 1.54) is 11.6 Å². The Labute approximate surface area is 126 Å². The first-order valence-electron chi connectivity index (χ1n) is 6.21. The second-order valence-electron chi connectivity index (χ2n) is 4.74. The average molecular weight is 342 g/mol. The molecule has 2 aromatic rings. The van der Waals surface area contributed by atoms with E-state index in [4.69, 9.17) is 11.6 Å². The first-order chi connectivity index (χ1) is 9.08. The van der Waals surface area contributed by atoms with E-state index in [0.717, 1.165) is 12.0 Å². The van der Waals surface area contributed by atoms with Crippen LogP contribution in [0, 0.1) is 11.7 Å². The largest absolute Gasteiger partial charge is 0.205 e. The van der Waals surface area contributed by atoms with Crippen molar-refractivity contribution in [3.63, 3.8) is 0 Å². The Morgan fingerprint density at radius 2 is 1.84 bits per heavy atom. The fourth-order valence-corrected chi connectivity index (χ4v) is 2.80. The monoisotopic (exact) mass is 340 g/mol. The van der Waals surface area contributed by atoms with E-state index in [0.29, 0.717) is 5.92 Å². The molecule has 0 saturated carbocycles. The van der Waals surface area contributed by atoms with Crippen molar-refractivity contribution >= 4 is 27.5 Å². The lowest BCUT2D eigenvalue weighted by molar-refractivity contribution is 0.570. The predicted molar refractivity (Wildman–Crippen MR) is 82.4 cm³/mol. The lowest BCUT2D eigenvalue weighted by Crippen LogP contribution is -2.07. The normalized spacial score (nSPS) is 14.1. The standard InChI is InChI=1S/C16H15BrClF/c1-11(16(17)13-5-3-2-4-6-13)9-12-7-8-15(19)14(18)10-12/h2-8,10-11,16H,9H2,1H3. The molecule has 2 aromatic carbocycles. The molecular formula is C16H15BrClF. The summed E-state index contributed by atoms with van der Waals surface area (Å²) in [4.78, 5) is 0.275. The molecule has 0 saturated heterocycles. The molecule has 2 unspecified atom stereocenters. The summed E-state index contributed by atoms with van der Waals surface area (Å²) in [5.41, 5.74) is 2.31. The molecule has 0 nitrogen and oxygen atoms in total. The first kappa shape index (κ1) is 14.5. The summed E-state index contributed by atoms with van der Waals surface area (Å²) in [6.07, 6.45) is 0.852. The molecule has 0 aliphatic rings. The van der Waals surface area contributed by atoms with Gasteiger partial charge >= 0.3 is 0 Å². The maximum atomic E-state index is 13.1. The molecule has 2 atom stereocenters. The highest BCUT2D eigenvalue weighted by atomic mass is 79.9. The van der Waals surface area contributed by atoms with Crippen molar-refractivity contribution in [3.05, 3.63) is 70.5 Å². The Morgan fingerprint density at radius 3 is 2.47 bits per heavy atom. The lowest BCUT2D eigenvalue weighted by atomic mass is 9.94. The zero-order valence-corrected chi connectivity index (χ0v) is 13.0. The van der Waals surface area contributed by atoms with E-state index in [9.17, 15) is 4.39 Å². The molecule has 2 rings (SSSR count). The molecule has 0 aliphatic carbocycles. The molecule has 0 aromatic heterocycles. The summed E-state index contributed by atoms with van der Waals surface area (Å²) in [6, 6.07) is 15.2. The van der Waals surface area contributed by atoms with E-state index in [2.05, 4.69) is 35.0 Å². The van der Waals surface area contributed by atoms with Gasteiger partial charge in [-0.05, 0) is 35.6 Å². The Balaban J connectivity index is 2.08. The van der Waals surface area contributed by atoms with Crippen LogP contribution in [0.4, 0.5) is 4.39 Å². The maximum absolute atomic E-state index is 13.1. The fourth-order valence-electron chi connectivity index (χ4n) is 2.11. The fraction of sp³-hybridized carbons (Fsp3) is 0.250. The lowest BCUT2D eigenvalue weighted by Gasteiger charge is -2.19. The maximum Gasteiger partial charge on any atom is 0.141 e. The van der Waals surface area contributed by atoms with Crippen LogP contribution in [0.2, 0.25) is 5.02 Å². The number of halogens is 3. The Bertz CT molecular complexity index is 542. The molecule has 19 heavy (non-hydrogen) atoms. The summed E-state index contributed by atoms with van der Waals surface area (Å²) in [7, 11) is 0. The second kappa shape index (κ2) is 6.53. The number of hydrogen-bond acceptors (Lipinski definition) is 0. The molecule has 100 valence electrons. The van der Waals surface area contributed by atoms with Gasteiger partial charge in [-0.25, -0.2) is 4.39 Å². The van der Waals surface area contributed by atoms with Crippen molar-refractivity contribution in [2.24, 2.45) is 5.92 Å². The van der Waals surface area contributed by atoms with Crippen LogP contribution in [-0.2, 0) is 6.42 Å². The number of rotatable bonds is 4. The van der Waals surface area contributed by atoms with Crippen LogP contribution in [0.15, 0.2) is 48.5 Å². The quantitative estimate of drug-likeness (QED) is 0.617. The van der Waals surface area contributed by atoms with Crippen molar-refractivity contribution in [1.29, 1.82) is 0 Å². The highest BCUT2D eigenvalue weighted by Crippen LogP contribution is 2.33. The molecule has 3 heteroatoms. The van der Waals surface area contributed by atoms with Gasteiger partial charge in [-0.15, -0.1) is 0 Å². The third kappa shape index (κ3) is 3.80. The van der Waals surface area contributed by atoms with E-state index in [1.807, 2.05) is 18.2 Å². The van der Waals surface area contributed by atoms with Gasteiger partial charge in [0.25, 0.3) is 0 Å². The molecule has 0 fully saturated rings. The minimum Gasteiger partial charge on any atom is -0.205 e. The van der Waals surface area contributed by atoms with Crippen molar-refractivity contribution in [2.75, 3.05) is 0 Å². The van der Waals surface area contributed by atoms with Crippen molar-refractivity contribution in [3.8, 4) is 0 Å². The minimum absolute atomic E-state index is 0.190. The SMILES string of the molecule is CC(Cc1ccc(F)c(Cl)c1)C(Br)c1ccccc1. The van der Waals surface area contributed by atoms with Crippen LogP contribution in [0.1, 0.15) is 22.9 Å². The third-order valence-electron chi connectivity index (χ3n) is 3.16. The summed E-state index contributed by atoms with van der Waals surface area (Å²) in [5.74, 6) is 0.0282. The Kier molecular flexibility index (Phi) is 5.00. The second-order valence-corrected chi connectivity index (χ2v) is 6.14. The summed E-state index contributed by atoms with van der Waals surface area (Å²) in [5, 5.41) is 0.190. The number of benzene rings is 2. The van der Waals surface area contributed by atoms with E-state index < -0.39 is 0 Å². The number of alkyl halides is 1. The van der Waals surface area contributed by atoms with Crippen molar-refractivity contribution in [1.82, 2.24) is 0 Å². The van der Waals surface area contributed by atoms with Crippen LogP contribution in [0.3, 0.4) is 0 Å². The smallest absolute Gasteiger partial charge is 0.141 e. The Morgan fingerprint density at radius 1 is 1.16 bits per heavy atom. The van der Waals surface area contributed by atoms with Gasteiger partial charge in [-0.2, -0.15) is 0 Å². The van der Waals surface area contributed by atoms with Crippen LogP contribution in [0.5, 0.6) is 0 Å². The zero-order valence-electron chi connectivity index (χ0n) is 10.6. The first-order valence-corrected chi connectivity index (χ1v) is 7.50. The summed E-state index contributed by atoms with van der Waals surface area (Å²) in [6.45, 7) is 2.17. The van der Waals surface area contributed by atoms with Crippen LogP contribution >= 0.6 is 27.5 Å². The molecule has 0 aliphatic heterocycles. The van der Waals surface area contributed by atoms with Crippen molar-refractivity contribution in [2.45, 2.75) is 18.2 Å². The van der Waals surface area contributed by atoms with Crippen molar-refractivity contribution < 1.29 is 4.39 Å². The Hall–Kier alpha value is -0.860. The van der Waals surface area contributed by atoms with E-state index >= 15 is 0 Å². The van der Waals surface area contributed by atoms with E-state index in [1.54, 1.807) is 12.1 Å². The summed E-state index contributed by atoms with van der Waals surface area (Å²) >= 11 is 9.54. The van der Waals surface area contributed by atoms with Gasteiger partial charge in [0.2, 0.25) is 0 Å². The van der Waals surface area contributed by atoms with Gasteiger partial charge in [-0.3, -0.25) is 0 Å². The average Bonchev–Trinajstić information content (AvgIpc) is 2.43.